The van der Waals surface area contributed by atoms with Gasteiger partial charge in [-0.1, -0.05) is 20.8 Å². The molecule has 1 rings (SSSR count). The van der Waals surface area contributed by atoms with E-state index < -0.39 is 0 Å². The van der Waals surface area contributed by atoms with Crippen LogP contribution in [0.1, 0.15) is 27.2 Å². The van der Waals surface area contributed by atoms with Gasteiger partial charge in [-0.25, -0.2) is 0 Å². The lowest BCUT2D eigenvalue weighted by Gasteiger charge is -2.30. The topological polar surface area (TPSA) is 41.6 Å². The van der Waals surface area contributed by atoms with E-state index in [1.165, 1.54) is 0 Å². The van der Waals surface area contributed by atoms with Gasteiger partial charge in [-0.05, 0) is 24.6 Å². The van der Waals surface area contributed by atoms with Crippen LogP contribution < -0.4 is 5.32 Å². The van der Waals surface area contributed by atoms with Crippen molar-refractivity contribution in [1.29, 1.82) is 0 Å². The Labute approximate surface area is 109 Å². The molecule has 0 aromatic heterocycles. The summed E-state index contributed by atoms with van der Waals surface area (Å²) in [6.45, 7) is 9.03. The number of carbonyl (C=O) groups is 1. The van der Waals surface area contributed by atoms with E-state index in [1.54, 1.807) is 0 Å². The Morgan fingerprint density at radius 2 is 2.00 bits per heavy atom. The second-order valence-corrected chi connectivity index (χ2v) is 5.04. The number of carbonyl (C=O) groups excluding carboxylic acids is 1. The molecule has 1 aliphatic rings. The van der Waals surface area contributed by atoms with Gasteiger partial charge in [0.15, 0.2) is 5.11 Å². The van der Waals surface area contributed by atoms with Gasteiger partial charge in [-0.3, -0.25) is 4.79 Å². The van der Waals surface area contributed by atoms with Crippen molar-refractivity contribution in [2.45, 2.75) is 27.2 Å². The second kappa shape index (κ2) is 6.91. The average molecular weight is 258 g/mol. The largest absolute Gasteiger partial charge is 0.378 e. The van der Waals surface area contributed by atoms with E-state index in [0.717, 1.165) is 19.5 Å². The molecule has 17 heavy (non-hydrogen) atoms. The summed E-state index contributed by atoms with van der Waals surface area (Å²) in [6, 6.07) is 0. The van der Waals surface area contributed by atoms with Crippen molar-refractivity contribution in [3.05, 3.63) is 0 Å². The normalized spacial score (nSPS) is 18.0. The lowest BCUT2D eigenvalue weighted by molar-refractivity contribution is -0.125. The smallest absolute Gasteiger partial charge is 0.229 e. The van der Waals surface area contributed by atoms with Crippen LogP contribution in [0.3, 0.4) is 0 Å². The quantitative estimate of drug-likeness (QED) is 0.777. The minimum Gasteiger partial charge on any atom is -0.378 e. The maximum absolute atomic E-state index is 12.0. The molecule has 1 atom stereocenters. The first-order chi connectivity index (χ1) is 8.06. The highest BCUT2D eigenvalue weighted by Crippen LogP contribution is 2.14. The summed E-state index contributed by atoms with van der Waals surface area (Å²) >= 11 is 5.24. The second-order valence-electron chi connectivity index (χ2n) is 4.65. The number of rotatable bonds is 3. The van der Waals surface area contributed by atoms with Crippen LogP contribution in [0, 0.1) is 11.8 Å². The van der Waals surface area contributed by atoms with Crippen molar-refractivity contribution < 1.29 is 9.53 Å². The van der Waals surface area contributed by atoms with Crippen LogP contribution in [0.5, 0.6) is 0 Å². The molecular weight excluding hydrogens is 236 g/mol. The molecule has 0 radical (unpaired) electrons. The molecule has 0 aromatic carbocycles. The van der Waals surface area contributed by atoms with Gasteiger partial charge in [0.2, 0.25) is 5.91 Å². The number of hydrogen-bond donors (Lipinski definition) is 1. The van der Waals surface area contributed by atoms with Gasteiger partial charge in [-0.2, -0.15) is 0 Å². The number of ether oxygens (including phenoxy) is 1. The van der Waals surface area contributed by atoms with Gasteiger partial charge < -0.3 is 15.0 Å². The summed E-state index contributed by atoms with van der Waals surface area (Å²) in [6.07, 6.45) is 0.842. The van der Waals surface area contributed by atoms with Crippen molar-refractivity contribution >= 4 is 23.2 Å². The van der Waals surface area contributed by atoms with E-state index in [4.69, 9.17) is 17.0 Å². The fraction of sp³-hybridized carbons (Fsp3) is 0.833. The van der Waals surface area contributed by atoms with Crippen molar-refractivity contribution in [2.75, 3.05) is 26.3 Å². The molecular formula is C12H22N2O2S. The summed E-state index contributed by atoms with van der Waals surface area (Å²) in [5.74, 6) is 0.417. The lowest BCUT2D eigenvalue weighted by Crippen LogP contribution is -2.49. The van der Waals surface area contributed by atoms with Crippen LogP contribution in [0.4, 0.5) is 0 Å². The zero-order chi connectivity index (χ0) is 12.8. The molecule has 1 amide bonds. The van der Waals surface area contributed by atoms with Gasteiger partial charge in [-0.15, -0.1) is 0 Å². The summed E-state index contributed by atoms with van der Waals surface area (Å²) in [4.78, 5) is 14.0. The van der Waals surface area contributed by atoms with E-state index in [1.807, 2.05) is 11.8 Å². The molecule has 0 aliphatic carbocycles. The summed E-state index contributed by atoms with van der Waals surface area (Å²) < 4.78 is 5.25. The average Bonchev–Trinajstić information content (AvgIpc) is 2.30. The molecule has 0 aromatic rings. The van der Waals surface area contributed by atoms with E-state index in [2.05, 4.69) is 19.2 Å². The number of amides is 1. The fourth-order valence-electron chi connectivity index (χ4n) is 2.00. The highest BCUT2D eigenvalue weighted by Gasteiger charge is 2.23. The summed E-state index contributed by atoms with van der Waals surface area (Å²) in [5, 5.41) is 3.38. The number of nitrogens with one attached hydrogen (secondary N) is 1. The van der Waals surface area contributed by atoms with Gasteiger partial charge in [0.25, 0.3) is 0 Å². The molecule has 1 saturated heterocycles. The first kappa shape index (κ1) is 14.4. The van der Waals surface area contributed by atoms with Crippen molar-refractivity contribution in [2.24, 2.45) is 11.8 Å². The Bertz CT molecular complexity index is 276. The first-order valence-corrected chi connectivity index (χ1v) is 6.64. The van der Waals surface area contributed by atoms with Gasteiger partial charge >= 0.3 is 0 Å². The van der Waals surface area contributed by atoms with Crippen LogP contribution in [-0.4, -0.2) is 42.2 Å². The fourth-order valence-corrected chi connectivity index (χ4v) is 2.29. The zero-order valence-corrected chi connectivity index (χ0v) is 11.7. The van der Waals surface area contributed by atoms with E-state index in [9.17, 15) is 4.79 Å². The third kappa shape index (κ3) is 4.24. The highest BCUT2D eigenvalue weighted by molar-refractivity contribution is 7.80. The summed E-state index contributed by atoms with van der Waals surface area (Å²) in [7, 11) is 0. The minimum atomic E-state index is 0.0361. The van der Waals surface area contributed by atoms with Crippen molar-refractivity contribution in [1.82, 2.24) is 10.2 Å². The summed E-state index contributed by atoms with van der Waals surface area (Å²) in [5.41, 5.74) is 0. The van der Waals surface area contributed by atoms with E-state index in [-0.39, 0.29) is 11.8 Å². The van der Waals surface area contributed by atoms with Crippen LogP contribution in [0.2, 0.25) is 0 Å². The highest BCUT2D eigenvalue weighted by atomic mass is 32.1. The monoisotopic (exact) mass is 258 g/mol. The SMILES string of the molecule is CC[C@@H](C(=O)NC(=S)N1CCOCC1)C(C)C. The predicted octanol–water partition coefficient (Wildman–Crippen LogP) is 1.40. The first-order valence-electron chi connectivity index (χ1n) is 6.23. The molecule has 1 N–H and O–H groups in total. The standard InChI is InChI=1S/C12H22N2O2S/c1-4-10(9(2)3)11(15)13-12(17)14-5-7-16-8-6-14/h9-10H,4-8H2,1-3H3,(H,13,15,17)/t10-/m1/s1. The van der Waals surface area contributed by atoms with E-state index >= 15 is 0 Å². The maximum Gasteiger partial charge on any atom is 0.229 e. The Balaban J connectivity index is 2.46. The maximum atomic E-state index is 12.0. The lowest BCUT2D eigenvalue weighted by atomic mass is 9.92. The molecule has 1 aliphatic heterocycles. The number of hydrogen-bond acceptors (Lipinski definition) is 3. The number of thiocarbonyl (C=S) groups is 1. The molecule has 1 heterocycles. The Hall–Kier alpha value is -0.680. The predicted molar refractivity (Wildman–Crippen MR) is 71.8 cm³/mol. The van der Waals surface area contributed by atoms with Crippen molar-refractivity contribution in [3.63, 3.8) is 0 Å². The van der Waals surface area contributed by atoms with E-state index in [0.29, 0.717) is 24.2 Å². The van der Waals surface area contributed by atoms with Gasteiger partial charge in [0.1, 0.15) is 0 Å². The minimum absolute atomic E-state index is 0.0361. The van der Waals surface area contributed by atoms with Gasteiger partial charge in [0.05, 0.1) is 13.2 Å². The Morgan fingerprint density at radius 1 is 1.41 bits per heavy atom. The third-order valence-corrected chi connectivity index (χ3v) is 3.47. The Kier molecular flexibility index (Phi) is 5.85. The van der Waals surface area contributed by atoms with Crippen molar-refractivity contribution in [3.8, 4) is 0 Å². The third-order valence-electron chi connectivity index (χ3n) is 3.11. The van der Waals surface area contributed by atoms with Crippen LogP contribution in [-0.2, 0) is 9.53 Å². The molecule has 5 heteroatoms. The van der Waals surface area contributed by atoms with Crippen LogP contribution >= 0.6 is 12.2 Å². The Morgan fingerprint density at radius 3 is 2.47 bits per heavy atom. The number of morpholine rings is 1. The zero-order valence-electron chi connectivity index (χ0n) is 10.9. The van der Waals surface area contributed by atoms with Crippen LogP contribution in [0.15, 0.2) is 0 Å². The molecule has 1 fully saturated rings. The molecule has 0 bridgehead atoms. The molecule has 0 spiro atoms. The number of nitrogens with zero attached hydrogens (tertiary/aromatic N) is 1. The molecule has 98 valence electrons. The molecule has 0 unspecified atom stereocenters. The van der Waals surface area contributed by atoms with Crippen LogP contribution in [0.25, 0.3) is 0 Å². The molecule has 0 saturated carbocycles. The van der Waals surface area contributed by atoms with Gasteiger partial charge in [0, 0.05) is 19.0 Å². The molecule has 4 nitrogen and oxygen atoms in total.